The molecule has 5 heteroatoms. The lowest BCUT2D eigenvalue weighted by molar-refractivity contribution is -0.125. The first-order valence-corrected chi connectivity index (χ1v) is 8.20. The number of piperidine rings is 1. The molecule has 1 amide bonds. The van der Waals surface area contributed by atoms with E-state index in [1.165, 1.54) is 6.42 Å². The minimum atomic E-state index is -0.620. The number of rotatable bonds is 0. The normalized spacial score (nSPS) is 29.7. The van der Waals surface area contributed by atoms with Gasteiger partial charge in [0.2, 0.25) is 11.9 Å². The third kappa shape index (κ3) is 2.64. The molecule has 1 aliphatic carbocycles. The van der Waals surface area contributed by atoms with Gasteiger partial charge in [0, 0.05) is 13.1 Å². The molecule has 3 rings (SSSR count). The van der Waals surface area contributed by atoms with Gasteiger partial charge < -0.3 is 4.90 Å². The van der Waals surface area contributed by atoms with Crippen LogP contribution in [0, 0.1) is 23.2 Å². The highest BCUT2D eigenvalue weighted by atomic mass is 16.2. The Balaban J connectivity index is 1.87. The summed E-state index contributed by atoms with van der Waals surface area (Å²) in [5, 5.41) is 12.3. The van der Waals surface area contributed by atoms with E-state index in [1.54, 1.807) is 0 Å². The number of nitriles is 1. The number of aliphatic imine (C=N–C) groups is 1. The summed E-state index contributed by atoms with van der Waals surface area (Å²) >= 11 is 0. The Morgan fingerprint density at radius 1 is 1.29 bits per heavy atom. The predicted molar refractivity (Wildman–Crippen MR) is 80.5 cm³/mol. The fourth-order valence-electron chi connectivity index (χ4n) is 3.84. The van der Waals surface area contributed by atoms with Crippen LogP contribution >= 0.6 is 0 Å². The Hall–Kier alpha value is -1.57. The summed E-state index contributed by atoms with van der Waals surface area (Å²) in [6.07, 6.45) is 7.35. The molecule has 1 saturated carbocycles. The van der Waals surface area contributed by atoms with E-state index in [9.17, 15) is 10.1 Å². The molecule has 0 radical (unpaired) electrons. The fourth-order valence-corrected chi connectivity index (χ4v) is 3.84. The average molecular weight is 288 g/mol. The van der Waals surface area contributed by atoms with E-state index < -0.39 is 11.5 Å². The highest BCUT2D eigenvalue weighted by Crippen LogP contribution is 2.40. The van der Waals surface area contributed by atoms with Gasteiger partial charge in [0.05, 0.1) is 11.6 Å². The van der Waals surface area contributed by atoms with Crippen LogP contribution in [0.4, 0.5) is 0 Å². The molecule has 0 aromatic rings. The second-order valence-corrected chi connectivity index (χ2v) is 6.82. The summed E-state index contributed by atoms with van der Waals surface area (Å²) in [6, 6.07) is 2.21. The van der Waals surface area contributed by atoms with Crippen molar-refractivity contribution in [2.45, 2.75) is 57.4 Å². The Kier molecular flexibility index (Phi) is 3.88. The maximum absolute atomic E-state index is 12.4. The molecular weight excluding hydrogens is 264 g/mol. The number of nitrogens with one attached hydrogen (secondary N) is 1. The van der Waals surface area contributed by atoms with Crippen LogP contribution in [-0.2, 0) is 4.79 Å². The lowest BCUT2D eigenvalue weighted by Crippen LogP contribution is -2.58. The zero-order valence-corrected chi connectivity index (χ0v) is 12.8. The van der Waals surface area contributed by atoms with Crippen molar-refractivity contribution >= 4 is 11.9 Å². The van der Waals surface area contributed by atoms with Gasteiger partial charge in [-0.05, 0) is 31.6 Å². The number of carbonyl (C=O) groups excluding carboxylic acids is 1. The number of nitrogens with zero attached hydrogens (tertiary/aromatic N) is 3. The molecule has 0 aromatic carbocycles. The second kappa shape index (κ2) is 5.67. The standard InChI is InChI=1S/C16H24N4O/c1-12-5-9-20(10-6-12)15-18-14(21)13(11-17)16(19-15)7-3-2-4-8-16/h12-13H,2-10H2,1H3,(H,18,19,21)/t13-/m0/s1. The highest BCUT2D eigenvalue weighted by Gasteiger charge is 2.48. The van der Waals surface area contributed by atoms with E-state index >= 15 is 0 Å². The first-order chi connectivity index (χ1) is 10.1. The summed E-state index contributed by atoms with van der Waals surface area (Å²) in [7, 11) is 0. The van der Waals surface area contributed by atoms with Crippen LogP contribution in [0.25, 0.3) is 0 Å². The smallest absolute Gasteiger partial charge is 0.246 e. The van der Waals surface area contributed by atoms with E-state index in [1.807, 2.05) is 0 Å². The largest absolute Gasteiger partial charge is 0.343 e. The molecule has 2 aliphatic heterocycles. The average Bonchev–Trinajstić information content (AvgIpc) is 2.48. The van der Waals surface area contributed by atoms with Crippen molar-refractivity contribution in [3.8, 4) is 6.07 Å². The van der Waals surface area contributed by atoms with Gasteiger partial charge in [0.15, 0.2) is 5.92 Å². The molecule has 0 bridgehead atoms. The predicted octanol–water partition coefficient (Wildman–Crippen LogP) is 2.05. The van der Waals surface area contributed by atoms with Gasteiger partial charge >= 0.3 is 0 Å². The first-order valence-electron chi connectivity index (χ1n) is 8.20. The van der Waals surface area contributed by atoms with Crippen LogP contribution in [0.1, 0.15) is 51.9 Å². The van der Waals surface area contributed by atoms with Crippen molar-refractivity contribution in [2.75, 3.05) is 13.1 Å². The SMILES string of the molecule is CC1CCN(C2=NC3(CCCCC3)[C@@H](C#N)C(=O)N2)CC1. The van der Waals surface area contributed by atoms with Gasteiger partial charge in [-0.3, -0.25) is 10.1 Å². The first kappa shape index (κ1) is 14.4. The van der Waals surface area contributed by atoms with Crippen LogP contribution in [-0.4, -0.2) is 35.4 Å². The number of carbonyl (C=O) groups is 1. The Morgan fingerprint density at radius 2 is 1.95 bits per heavy atom. The molecule has 0 aromatic heterocycles. The van der Waals surface area contributed by atoms with E-state index in [0.717, 1.165) is 63.5 Å². The van der Waals surface area contributed by atoms with Crippen LogP contribution in [0.2, 0.25) is 0 Å². The Bertz CT molecular complexity index is 479. The fraction of sp³-hybridized carbons (Fsp3) is 0.812. The van der Waals surface area contributed by atoms with Crippen molar-refractivity contribution in [3.05, 3.63) is 0 Å². The summed E-state index contributed by atoms with van der Waals surface area (Å²) < 4.78 is 0. The van der Waals surface area contributed by atoms with Crippen molar-refractivity contribution in [1.29, 1.82) is 5.26 Å². The molecule has 1 saturated heterocycles. The van der Waals surface area contributed by atoms with Gasteiger partial charge in [0.25, 0.3) is 0 Å². The maximum Gasteiger partial charge on any atom is 0.246 e. The van der Waals surface area contributed by atoms with Crippen LogP contribution in [0.15, 0.2) is 4.99 Å². The van der Waals surface area contributed by atoms with Gasteiger partial charge in [-0.2, -0.15) is 5.26 Å². The maximum atomic E-state index is 12.4. The minimum Gasteiger partial charge on any atom is -0.343 e. The molecule has 21 heavy (non-hydrogen) atoms. The van der Waals surface area contributed by atoms with Crippen LogP contribution in [0.3, 0.4) is 0 Å². The summed E-state index contributed by atoms with van der Waals surface area (Å²) in [6.45, 7) is 4.17. The Labute approximate surface area is 126 Å². The molecule has 114 valence electrons. The highest BCUT2D eigenvalue weighted by molar-refractivity contribution is 6.02. The van der Waals surface area contributed by atoms with E-state index in [2.05, 4.69) is 23.2 Å². The van der Waals surface area contributed by atoms with Crippen molar-refractivity contribution < 1.29 is 4.79 Å². The van der Waals surface area contributed by atoms with E-state index in [-0.39, 0.29) is 5.91 Å². The number of amides is 1. The molecule has 1 atom stereocenters. The van der Waals surface area contributed by atoms with Gasteiger partial charge in [-0.25, -0.2) is 4.99 Å². The van der Waals surface area contributed by atoms with Gasteiger partial charge in [0.1, 0.15) is 0 Å². The Morgan fingerprint density at radius 3 is 2.57 bits per heavy atom. The van der Waals surface area contributed by atoms with Crippen molar-refractivity contribution in [2.24, 2.45) is 16.8 Å². The summed E-state index contributed by atoms with van der Waals surface area (Å²) in [4.78, 5) is 19.5. The summed E-state index contributed by atoms with van der Waals surface area (Å²) in [5.41, 5.74) is -0.465. The lowest BCUT2D eigenvalue weighted by Gasteiger charge is -2.43. The number of hydrogen-bond donors (Lipinski definition) is 1. The molecular formula is C16H24N4O. The molecule has 2 fully saturated rings. The lowest BCUT2D eigenvalue weighted by atomic mass is 9.72. The quantitative estimate of drug-likeness (QED) is 0.741. The molecule has 5 nitrogen and oxygen atoms in total. The topological polar surface area (TPSA) is 68.5 Å². The number of hydrogen-bond acceptors (Lipinski definition) is 4. The van der Waals surface area contributed by atoms with E-state index in [4.69, 9.17) is 4.99 Å². The molecule has 1 N–H and O–H groups in total. The molecule has 2 heterocycles. The van der Waals surface area contributed by atoms with Crippen molar-refractivity contribution in [3.63, 3.8) is 0 Å². The number of likely N-dealkylation sites (tertiary alicyclic amines) is 1. The monoisotopic (exact) mass is 288 g/mol. The molecule has 0 unspecified atom stereocenters. The molecule has 3 aliphatic rings. The van der Waals surface area contributed by atoms with E-state index in [0.29, 0.717) is 0 Å². The zero-order chi connectivity index (χ0) is 14.9. The van der Waals surface area contributed by atoms with Crippen LogP contribution < -0.4 is 5.32 Å². The zero-order valence-electron chi connectivity index (χ0n) is 12.8. The second-order valence-electron chi connectivity index (χ2n) is 6.82. The molecule has 1 spiro atoms. The number of guanidine groups is 1. The minimum absolute atomic E-state index is 0.150. The third-order valence-corrected chi connectivity index (χ3v) is 5.29. The van der Waals surface area contributed by atoms with Gasteiger partial charge in [-0.15, -0.1) is 0 Å². The van der Waals surface area contributed by atoms with Gasteiger partial charge in [-0.1, -0.05) is 26.2 Å². The van der Waals surface area contributed by atoms with Crippen LogP contribution in [0.5, 0.6) is 0 Å². The third-order valence-electron chi connectivity index (χ3n) is 5.29. The van der Waals surface area contributed by atoms with Crippen molar-refractivity contribution in [1.82, 2.24) is 10.2 Å². The summed E-state index contributed by atoms with van der Waals surface area (Å²) in [5.74, 6) is 0.699.